The average molecular weight is 320 g/mol. The van der Waals surface area contributed by atoms with Gasteiger partial charge in [-0.05, 0) is 43.9 Å². The highest BCUT2D eigenvalue weighted by Gasteiger charge is 2.23. The van der Waals surface area contributed by atoms with E-state index in [4.69, 9.17) is 15.2 Å². The number of nitrogens with two attached hydrogens (primary N) is 1. The number of likely N-dealkylation sites (tertiary alicyclic amines) is 1. The van der Waals surface area contributed by atoms with Crippen LogP contribution in [0.4, 0.5) is 0 Å². The number of rotatable bonds is 7. The third kappa shape index (κ3) is 4.86. The van der Waals surface area contributed by atoms with Crippen LogP contribution in [0.15, 0.2) is 18.2 Å². The summed E-state index contributed by atoms with van der Waals surface area (Å²) in [5.74, 6) is 1.36. The van der Waals surface area contributed by atoms with E-state index in [-0.39, 0.29) is 11.9 Å². The van der Waals surface area contributed by atoms with Gasteiger partial charge < -0.3 is 20.1 Å². The second-order valence-electron chi connectivity index (χ2n) is 6.01. The first-order valence-electron chi connectivity index (χ1n) is 8.60. The van der Waals surface area contributed by atoms with Crippen LogP contribution in [0, 0.1) is 0 Å². The highest BCUT2D eigenvalue weighted by molar-refractivity contribution is 5.95. The molecule has 0 bridgehead atoms. The number of hydrogen-bond acceptors (Lipinski definition) is 4. The minimum absolute atomic E-state index is 0.0172. The Morgan fingerprint density at radius 2 is 1.91 bits per heavy atom. The van der Waals surface area contributed by atoms with Crippen molar-refractivity contribution in [3.63, 3.8) is 0 Å². The van der Waals surface area contributed by atoms with Crippen LogP contribution in [-0.2, 0) is 0 Å². The number of benzene rings is 1. The van der Waals surface area contributed by atoms with Crippen molar-refractivity contribution in [3.05, 3.63) is 23.8 Å². The van der Waals surface area contributed by atoms with E-state index in [0.717, 1.165) is 32.2 Å². The van der Waals surface area contributed by atoms with E-state index in [1.165, 1.54) is 0 Å². The maximum atomic E-state index is 12.7. The van der Waals surface area contributed by atoms with E-state index in [1.54, 1.807) is 6.07 Å². The Labute approximate surface area is 138 Å². The van der Waals surface area contributed by atoms with Gasteiger partial charge in [0.05, 0.1) is 13.2 Å². The Bertz CT molecular complexity index is 519. The lowest BCUT2D eigenvalue weighted by atomic mass is 10.1. The molecule has 1 aromatic rings. The second kappa shape index (κ2) is 8.77. The van der Waals surface area contributed by atoms with Crippen LogP contribution in [0.25, 0.3) is 0 Å². The Kier molecular flexibility index (Phi) is 6.71. The van der Waals surface area contributed by atoms with Crippen molar-refractivity contribution in [2.75, 3.05) is 26.3 Å². The van der Waals surface area contributed by atoms with Crippen molar-refractivity contribution in [2.24, 2.45) is 5.73 Å². The zero-order valence-corrected chi connectivity index (χ0v) is 14.2. The third-order valence-corrected chi connectivity index (χ3v) is 3.86. The van der Waals surface area contributed by atoms with Crippen LogP contribution in [0.3, 0.4) is 0 Å². The molecule has 1 aliphatic rings. The van der Waals surface area contributed by atoms with Crippen molar-refractivity contribution in [3.8, 4) is 11.5 Å². The summed E-state index contributed by atoms with van der Waals surface area (Å²) in [6.07, 6.45) is 3.79. The molecule has 5 heteroatoms. The number of nitrogens with zero attached hydrogens (tertiary/aromatic N) is 1. The zero-order valence-electron chi connectivity index (χ0n) is 14.2. The maximum absolute atomic E-state index is 12.7. The lowest BCUT2D eigenvalue weighted by Gasteiger charge is -2.31. The highest BCUT2D eigenvalue weighted by atomic mass is 16.5. The SMILES string of the molecule is CCCOc1ccc(C(=O)N2CCCC(N)C2)cc1OCCC. The summed E-state index contributed by atoms with van der Waals surface area (Å²) in [5.41, 5.74) is 6.61. The molecule has 1 heterocycles. The van der Waals surface area contributed by atoms with Gasteiger partial charge in [-0.3, -0.25) is 4.79 Å². The monoisotopic (exact) mass is 320 g/mol. The van der Waals surface area contributed by atoms with Crippen LogP contribution in [0.5, 0.6) is 11.5 Å². The quantitative estimate of drug-likeness (QED) is 0.839. The molecule has 1 atom stereocenters. The van der Waals surface area contributed by atoms with Gasteiger partial charge in [0.2, 0.25) is 0 Å². The molecule has 1 saturated heterocycles. The minimum atomic E-state index is 0.0172. The van der Waals surface area contributed by atoms with E-state index in [1.807, 2.05) is 17.0 Å². The van der Waals surface area contributed by atoms with Gasteiger partial charge in [-0.1, -0.05) is 13.8 Å². The predicted molar refractivity (Wildman–Crippen MR) is 91.1 cm³/mol. The van der Waals surface area contributed by atoms with Crippen LogP contribution >= 0.6 is 0 Å². The average Bonchev–Trinajstić information content (AvgIpc) is 2.57. The molecule has 1 unspecified atom stereocenters. The molecular weight excluding hydrogens is 292 g/mol. The molecule has 2 N–H and O–H groups in total. The molecule has 0 saturated carbocycles. The zero-order chi connectivity index (χ0) is 16.7. The van der Waals surface area contributed by atoms with Gasteiger partial charge in [0, 0.05) is 24.7 Å². The maximum Gasteiger partial charge on any atom is 0.254 e. The molecule has 1 aromatic carbocycles. The van der Waals surface area contributed by atoms with Gasteiger partial charge in [-0.2, -0.15) is 0 Å². The summed E-state index contributed by atoms with van der Waals surface area (Å²) < 4.78 is 11.5. The van der Waals surface area contributed by atoms with E-state index in [0.29, 0.717) is 36.8 Å². The molecule has 23 heavy (non-hydrogen) atoms. The van der Waals surface area contributed by atoms with Crippen molar-refractivity contribution < 1.29 is 14.3 Å². The van der Waals surface area contributed by atoms with Crippen LogP contribution in [-0.4, -0.2) is 43.2 Å². The highest BCUT2D eigenvalue weighted by Crippen LogP contribution is 2.29. The third-order valence-electron chi connectivity index (χ3n) is 3.86. The Morgan fingerprint density at radius 1 is 1.22 bits per heavy atom. The lowest BCUT2D eigenvalue weighted by Crippen LogP contribution is -2.45. The molecular formula is C18H28N2O3. The lowest BCUT2D eigenvalue weighted by molar-refractivity contribution is 0.0708. The van der Waals surface area contributed by atoms with Gasteiger partial charge in [0.15, 0.2) is 11.5 Å². The number of carbonyl (C=O) groups excluding carboxylic acids is 1. The first-order chi connectivity index (χ1) is 11.2. The summed E-state index contributed by atoms with van der Waals surface area (Å²) in [5, 5.41) is 0. The van der Waals surface area contributed by atoms with Crippen LogP contribution < -0.4 is 15.2 Å². The summed E-state index contributed by atoms with van der Waals surface area (Å²) in [6.45, 7) is 6.75. The molecule has 1 amide bonds. The van der Waals surface area contributed by atoms with Crippen LogP contribution in [0.1, 0.15) is 49.9 Å². The largest absolute Gasteiger partial charge is 0.490 e. The molecule has 0 spiro atoms. The normalized spacial score (nSPS) is 17.9. The molecule has 5 nitrogen and oxygen atoms in total. The minimum Gasteiger partial charge on any atom is -0.490 e. The number of carbonyl (C=O) groups is 1. The van der Waals surface area contributed by atoms with E-state index in [9.17, 15) is 4.79 Å². The number of piperidine rings is 1. The molecule has 0 aliphatic carbocycles. The molecule has 0 radical (unpaired) electrons. The fourth-order valence-corrected chi connectivity index (χ4v) is 2.67. The second-order valence-corrected chi connectivity index (χ2v) is 6.01. The molecule has 2 rings (SSSR count). The molecule has 1 aliphatic heterocycles. The molecule has 128 valence electrons. The van der Waals surface area contributed by atoms with Gasteiger partial charge in [-0.15, -0.1) is 0 Å². The first-order valence-corrected chi connectivity index (χ1v) is 8.60. The Balaban J connectivity index is 2.15. The van der Waals surface area contributed by atoms with Crippen molar-refractivity contribution in [2.45, 2.75) is 45.6 Å². The van der Waals surface area contributed by atoms with Crippen molar-refractivity contribution in [1.29, 1.82) is 0 Å². The van der Waals surface area contributed by atoms with E-state index >= 15 is 0 Å². The first kappa shape index (κ1) is 17.6. The fraction of sp³-hybridized carbons (Fsp3) is 0.611. The number of ether oxygens (including phenoxy) is 2. The topological polar surface area (TPSA) is 64.8 Å². The fourth-order valence-electron chi connectivity index (χ4n) is 2.67. The van der Waals surface area contributed by atoms with Gasteiger partial charge in [-0.25, -0.2) is 0 Å². The molecule has 1 fully saturated rings. The Hall–Kier alpha value is -1.75. The van der Waals surface area contributed by atoms with Crippen molar-refractivity contribution in [1.82, 2.24) is 4.90 Å². The van der Waals surface area contributed by atoms with Crippen molar-refractivity contribution >= 4 is 5.91 Å². The molecule has 0 aromatic heterocycles. The van der Waals surface area contributed by atoms with E-state index < -0.39 is 0 Å². The smallest absolute Gasteiger partial charge is 0.254 e. The predicted octanol–water partition coefficient (Wildman–Crippen LogP) is 2.83. The van der Waals surface area contributed by atoms with Gasteiger partial charge in [0.25, 0.3) is 5.91 Å². The van der Waals surface area contributed by atoms with E-state index in [2.05, 4.69) is 13.8 Å². The van der Waals surface area contributed by atoms with Gasteiger partial charge >= 0.3 is 0 Å². The summed E-state index contributed by atoms with van der Waals surface area (Å²) in [4.78, 5) is 14.5. The van der Waals surface area contributed by atoms with Gasteiger partial charge in [0.1, 0.15) is 0 Å². The summed E-state index contributed by atoms with van der Waals surface area (Å²) >= 11 is 0. The summed E-state index contributed by atoms with van der Waals surface area (Å²) in [6, 6.07) is 5.52. The Morgan fingerprint density at radius 3 is 2.57 bits per heavy atom. The summed E-state index contributed by atoms with van der Waals surface area (Å²) in [7, 11) is 0. The standard InChI is InChI=1S/C18H28N2O3/c1-3-10-22-16-8-7-14(12-17(16)23-11-4-2)18(21)20-9-5-6-15(19)13-20/h7-8,12,15H,3-6,9-11,13,19H2,1-2H3. The van der Waals surface area contributed by atoms with Crippen LogP contribution in [0.2, 0.25) is 0 Å². The number of hydrogen-bond donors (Lipinski definition) is 1. The number of amides is 1.